The smallest absolute Gasteiger partial charge is 0.211 e. The molecule has 1 spiro atoms. The van der Waals surface area contributed by atoms with Crippen LogP contribution in [0.25, 0.3) is 0 Å². The average Bonchev–Trinajstić information content (AvgIpc) is 2.97. The van der Waals surface area contributed by atoms with Gasteiger partial charge in [0.25, 0.3) is 0 Å². The van der Waals surface area contributed by atoms with Crippen molar-refractivity contribution in [1.29, 1.82) is 0 Å². The van der Waals surface area contributed by atoms with E-state index in [9.17, 15) is 13.2 Å². The minimum Gasteiger partial charge on any atom is -0.386 e. The van der Waals surface area contributed by atoms with Crippen LogP contribution in [-0.4, -0.2) is 44.4 Å². The Hall–Kier alpha value is -1.93. The number of nitrogens with two attached hydrogens (primary N) is 1. The Kier molecular flexibility index (Phi) is 3.68. The molecular weight excluding hydrogens is 318 g/mol. The fraction of sp³-hybridized carbons (Fsp3) is 0.467. The SMILES string of the molecule is C[C@@]1(c2cccc(NC=O)c2)CS(=O)(=O)[C@@]2(CCOC2)C(N)=N1. The number of ether oxygens (including phenoxy) is 1. The lowest BCUT2D eigenvalue weighted by molar-refractivity contribution is -0.105. The zero-order chi connectivity index (χ0) is 16.7. The summed E-state index contributed by atoms with van der Waals surface area (Å²) in [5.41, 5.74) is 6.35. The molecule has 0 saturated carbocycles. The third kappa shape index (κ3) is 2.42. The van der Waals surface area contributed by atoms with Crippen LogP contribution in [0.1, 0.15) is 18.9 Å². The summed E-state index contributed by atoms with van der Waals surface area (Å²) in [5, 5.41) is 2.56. The molecule has 3 rings (SSSR count). The van der Waals surface area contributed by atoms with Crippen LogP contribution in [0.5, 0.6) is 0 Å². The number of hydrogen-bond donors (Lipinski definition) is 2. The zero-order valence-corrected chi connectivity index (χ0v) is 13.6. The molecule has 124 valence electrons. The Morgan fingerprint density at radius 3 is 2.83 bits per heavy atom. The number of nitrogens with one attached hydrogen (secondary N) is 1. The van der Waals surface area contributed by atoms with Gasteiger partial charge >= 0.3 is 0 Å². The van der Waals surface area contributed by atoms with Gasteiger partial charge in [-0.05, 0) is 31.0 Å². The summed E-state index contributed by atoms with van der Waals surface area (Å²) in [6.07, 6.45) is 0.912. The highest BCUT2D eigenvalue weighted by molar-refractivity contribution is 7.93. The van der Waals surface area contributed by atoms with E-state index in [1.165, 1.54) is 0 Å². The van der Waals surface area contributed by atoms with Gasteiger partial charge in [-0.25, -0.2) is 8.42 Å². The number of rotatable bonds is 3. The molecule has 3 N–H and O–H groups in total. The van der Waals surface area contributed by atoms with E-state index in [1.807, 2.05) is 0 Å². The van der Waals surface area contributed by atoms with Crippen molar-refractivity contribution in [3.63, 3.8) is 0 Å². The second-order valence-corrected chi connectivity index (χ2v) is 8.47. The molecule has 8 heteroatoms. The van der Waals surface area contributed by atoms with Gasteiger partial charge in [-0.1, -0.05) is 12.1 Å². The first-order chi connectivity index (χ1) is 10.8. The molecule has 1 amide bonds. The number of aliphatic imine (C=N–C) groups is 1. The number of sulfone groups is 1. The number of carbonyl (C=O) groups excluding carboxylic acids is 1. The van der Waals surface area contributed by atoms with Crippen LogP contribution < -0.4 is 11.1 Å². The van der Waals surface area contributed by atoms with Crippen LogP contribution in [0.15, 0.2) is 29.3 Å². The van der Waals surface area contributed by atoms with Gasteiger partial charge in [-0.2, -0.15) is 0 Å². The van der Waals surface area contributed by atoms with E-state index in [2.05, 4.69) is 10.3 Å². The fourth-order valence-electron chi connectivity index (χ4n) is 3.22. The van der Waals surface area contributed by atoms with E-state index in [0.29, 0.717) is 30.7 Å². The van der Waals surface area contributed by atoms with Crippen LogP contribution in [0.2, 0.25) is 0 Å². The first kappa shape index (κ1) is 15.9. The number of nitrogens with zero attached hydrogens (tertiary/aromatic N) is 1. The summed E-state index contributed by atoms with van der Waals surface area (Å²) >= 11 is 0. The number of benzene rings is 1. The summed E-state index contributed by atoms with van der Waals surface area (Å²) in [4.78, 5) is 15.1. The largest absolute Gasteiger partial charge is 0.386 e. The van der Waals surface area contributed by atoms with Crippen LogP contribution >= 0.6 is 0 Å². The lowest BCUT2D eigenvalue weighted by Gasteiger charge is -2.38. The van der Waals surface area contributed by atoms with Crippen LogP contribution in [0.3, 0.4) is 0 Å². The molecule has 1 aromatic carbocycles. The van der Waals surface area contributed by atoms with E-state index in [4.69, 9.17) is 10.5 Å². The van der Waals surface area contributed by atoms with E-state index >= 15 is 0 Å². The van der Waals surface area contributed by atoms with Crippen molar-refractivity contribution in [3.05, 3.63) is 29.8 Å². The highest BCUT2D eigenvalue weighted by atomic mass is 32.2. The molecule has 0 aromatic heterocycles. The van der Waals surface area contributed by atoms with E-state index < -0.39 is 20.1 Å². The van der Waals surface area contributed by atoms with Gasteiger partial charge in [0.2, 0.25) is 6.41 Å². The minimum absolute atomic E-state index is 0.0630. The summed E-state index contributed by atoms with van der Waals surface area (Å²) in [6.45, 7) is 2.17. The third-order valence-corrected chi connectivity index (χ3v) is 7.26. The highest BCUT2D eigenvalue weighted by Crippen LogP contribution is 2.40. The van der Waals surface area contributed by atoms with Crippen molar-refractivity contribution in [2.45, 2.75) is 23.6 Å². The molecular formula is C15H19N3O4S. The maximum absolute atomic E-state index is 12.9. The zero-order valence-electron chi connectivity index (χ0n) is 12.8. The number of amides is 1. The van der Waals surface area contributed by atoms with Crippen molar-refractivity contribution in [1.82, 2.24) is 0 Å². The fourth-order valence-corrected chi connectivity index (χ4v) is 5.49. The van der Waals surface area contributed by atoms with Crippen molar-refractivity contribution < 1.29 is 17.9 Å². The Morgan fingerprint density at radius 2 is 2.22 bits per heavy atom. The number of carbonyl (C=O) groups is 1. The van der Waals surface area contributed by atoms with Gasteiger partial charge in [-0.15, -0.1) is 0 Å². The molecule has 1 saturated heterocycles. The third-order valence-electron chi connectivity index (χ3n) is 4.60. The van der Waals surface area contributed by atoms with Gasteiger partial charge in [0.05, 0.1) is 17.9 Å². The van der Waals surface area contributed by atoms with Gasteiger partial charge in [0.1, 0.15) is 5.84 Å². The van der Waals surface area contributed by atoms with Gasteiger partial charge in [0.15, 0.2) is 14.6 Å². The molecule has 2 aliphatic heterocycles. The van der Waals surface area contributed by atoms with E-state index in [-0.39, 0.29) is 18.2 Å². The van der Waals surface area contributed by atoms with Crippen molar-refractivity contribution >= 4 is 27.8 Å². The van der Waals surface area contributed by atoms with E-state index in [1.54, 1.807) is 31.2 Å². The van der Waals surface area contributed by atoms with Crippen molar-refractivity contribution in [2.75, 3.05) is 24.3 Å². The Bertz CT molecular complexity index is 769. The minimum atomic E-state index is -3.52. The second kappa shape index (κ2) is 5.31. The summed E-state index contributed by atoms with van der Waals surface area (Å²) < 4.78 is 29.9. The molecule has 0 aliphatic carbocycles. The lowest BCUT2D eigenvalue weighted by Crippen LogP contribution is -2.58. The van der Waals surface area contributed by atoms with Crippen LogP contribution in [-0.2, 0) is 24.9 Å². The Labute approximate surface area is 134 Å². The molecule has 0 radical (unpaired) electrons. The number of anilines is 1. The molecule has 23 heavy (non-hydrogen) atoms. The topological polar surface area (TPSA) is 111 Å². The Balaban J connectivity index is 2.08. The maximum atomic E-state index is 12.9. The molecule has 2 heterocycles. The van der Waals surface area contributed by atoms with Gasteiger partial charge in [-0.3, -0.25) is 9.79 Å². The highest BCUT2D eigenvalue weighted by Gasteiger charge is 2.56. The molecule has 2 aliphatic rings. The van der Waals surface area contributed by atoms with Crippen LogP contribution in [0, 0.1) is 0 Å². The number of amidine groups is 1. The first-order valence-corrected chi connectivity index (χ1v) is 8.95. The standard InChI is InChI=1S/C15H19N3O4S/c1-14(11-3-2-4-12(7-11)17-10-19)9-23(20,21)15(13(16)18-14)5-6-22-8-15/h2-4,7,10H,5-6,8-9H2,1H3,(H2,16,18)(H,17,19)/t14-,15+/m0/s1. The summed E-state index contributed by atoms with van der Waals surface area (Å²) in [6, 6.07) is 6.96. The molecule has 7 nitrogen and oxygen atoms in total. The maximum Gasteiger partial charge on any atom is 0.211 e. The molecule has 1 fully saturated rings. The quantitative estimate of drug-likeness (QED) is 0.776. The lowest BCUT2D eigenvalue weighted by atomic mass is 9.93. The van der Waals surface area contributed by atoms with Crippen molar-refractivity contribution in [2.24, 2.45) is 10.7 Å². The molecule has 0 bridgehead atoms. The molecule has 2 atom stereocenters. The van der Waals surface area contributed by atoms with Gasteiger partial charge in [0, 0.05) is 12.3 Å². The predicted octanol–water partition coefficient (Wildman–Crippen LogP) is 0.415. The van der Waals surface area contributed by atoms with Crippen molar-refractivity contribution in [3.8, 4) is 0 Å². The Morgan fingerprint density at radius 1 is 1.43 bits per heavy atom. The monoisotopic (exact) mass is 337 g/mol. The molecule has 1 aromatic rings. The van der Waals surface area contributed by atoms with Gasteiger partial charge < -0.3 is 15.8 Å². The summed E-state index contributed by atoms with van der Waals surface area (Å²) in [7, 11) is -3.52. The molecule has 0 unspecified atom stereocenters. The average molecular weight is 337 g/mol. The normalized spacial score (nSPS) is 32.5. The first-order valence-electron chi connectivity index (χ1n) is 7.30. The second-order valence-electron chi connectivity index (χ2n) is 6.17. The number of hydrogen-bond acceptors (Lipinski definition) is 6. The van der Waals surface area contributed by atoms with Crippen LogP contribution in [0.4, 0.5) is 5.69 Å². The predicted molar refractivity (Wildman–Crippen MR) is 87.1 cm³/mol. The van der Waals surface area contributed by atoms with E-state index in [0.717, 1.165) is 0 Å². The summed E-state index contributed by atoms with van der Waals surface area (Å²) in [5.74, 6) is -0.0354.